The average Bonchev–Trinajstić information content (AvgIpc) is 2.08. The van der Waals surface area contributed by atoms with Crippen molar-refractivity contribution in [2.24, 2.45) is 11.5 Å². The van der Waals surface area contributed by atoms with Crippen LogP contribution in [0.3, 0.4) is 0 Å². The summed E-state index contributed by atoms with van der Waals surface area (Å²) >= 11 is 3.34. The highest BCUT2D eigenvalue weighted by molar-refractivity contribution is 9.10. The van der Waals surface area contributed by atoms with E-state index in [2.05, 4.69) is 15.9 Å². The molecule has 0 aromatic heterocycles. The molecule has 0 spiro atoms. The number of halogens is 1. The van der Waals surface area contributed by atoms with Crippen LogP contribution in [0.2, 0.25) is 0 Å². The van der Waals surface area contributed by atoms with E-state index in [9.17, 15) is 4.79 Å². The molecule has 1 rings (SSSR count). The molecule has 13 heavy (non-hydrogen) atoms. The zero-order valence-corrected chi connectivity index (χ0v) is 8.84. The van der Waals surface area contributed by atoms with Crippen LogP contribution in [0.5, 0.6) is 0 Å². The highest BCUT2D eigenvalue weighted by atomic mass is 79.9. The average molecular weight is 243 g/mol. The van der Waals surface area contributed by atoms with Crippen LogP contribution < -0.4 is 11.5 Å². The van der Waals surface area contributed by atoms with Crippen molar-refractivity contribution in [3.63, 3.8) is 0 Å². The molecule has 0 bridgehead atoms. The number of carbonyl (C=O) groups is 1. The Morgan fingerprint density at radius 2 is 2.08 bits per heavy atom. The lowest BCUT2D eigenvalue weighted by molar-refractivity contribution is 0.0963. The lowest BCUT2D eigenvalue weighted by atomic mass is 10.1. The van der Waals surface area contributed by atoms with Crippen LogP contribution in [-0.2, 0) is 0 Å². The number of aryl methyl sites for hydroxylation is 1. The first kappa shape index (κ1) is 10.4. The molecule has 4 N–H and O–H groups in total. The van der Waals surface area contributed by atoms with Gasteiger partial charge in [-0.2, -0.15) is 0 Å². The minimum atomic E-state index is -0.930. The van der Waals surface area contributed by atoms with Crippen molar-refractivity contribution in [3.8, 4) is 0 Å². The van der Waals surface area contributed by atoms with Crippen molar-refractivity contribution in [1.82, 2.24) is 0 Å². The third-order valence-corrected chi connectivity index (χ3v) is 2.63. The molecule has 0 atom stereocenters. The summed E-state index contributed by atoms with van der Waals surface area (Å²) in [6.45, 7) is 1.91. The van der Waals surface area contributed by atoms with Gasteiger partial charge in [-0.15, -0.1) is 0 Å². The molecule has 70 valence electrons. The smallest absolute Gasteiger partial charge is 0.193 e. The Bertz CT molecular complexity index is 336. The summed E-state index contributed by atoms with van der Waals surface area (Å²) in [4.78, 5) is 11.3. The van der Waals surface area contributed by atoms with E-state index in [-0.39, 0.29) is 5.78 Å². The second kappa shape index (κ2) is 4.00. The van der Waals surface area contributed by atoms with Crippen LogP contribution in [0.25, 0.3) is 0 Å². The molecule has 0 aliphatic heterocycles. The molecule has 0 aliphatic carbocycles. The quantitative estimate of drug-likeness (QED) is 0.605. The number of rotatable bonds is 2. The van der Waals surface area contributed by atoms with E-state index in [0.29, 0.717) is 5.56 Å². The number of carbonyl (C=O) groups excluding carboxylic acids is 1. The van der Waals surface area contributed by atoms with Crippen LogP contribution in [0.1, 0.15) is 15.9 Å². The molecule has 0 amide bonds. The van der Waals surface area contributed by atoms with Gasteiger partial charge in [-0.1, -0.05) is 22.0 Å². The standard InChI is InChI=1S/C9H11BrN2O/c1-5-4-6(2-3-7(5)10)8(13)9(11)12/h2-4,9H,11-12H2,1H3. The second-order valence-corrected chi connectivity index (χ2v) is 3.71. The highest BCUT2D eigenvalue weighted by Gasteiger charge is 2.11. The van der Waals surface area contributed by atoms with Crippen molar-refractivity contribution in [1.29, 1.82) is 0 Å². The molecule has 1 aromatic rings. The Kier molecular flexibility index (Phi) is 3.19. The molecule has 0 heterocycles. The van der Waals surface area contributed by atoms with Gasteiger partial charge in [-0.25, -0.2) is 0 Å². The summed E-state index contributed by atoms with van der Waals surface area (Å²) in [5, 5.41) is 0. The molecule has 3 nitrogen and oxygen atoms in total. The molecule has 0 radical (unpaired) electrons. The fraction of sp³-hybridized carbons (Fsp3) is 0.222. The van der Waals surface area contributed by atoms with Crippen LogP contribution >= 0.6 is 15.9 Å². The summed E-state index contributed by atoms with van der Waals surface area (Å²) < 4.78 is 0.967. The predicted molar refractivity (Wildman–Crippen MR) is 55.4 cm³/mol. The Morgan fingerprint density at radius 1 is 1.46 bits per heavy atom. The number of hydrogen-bond acceptors (Lipinski definition) is 3. The van der Waals surface area contributed by atoms with E-state index in [1.165, 1.54) is 0 Å². The molecular weight excluding hydrogens is 232 g/mol. The van der Waals surface area contributed by atoms with Gasteiger partial charge >= 0.3 is 0 Å². The van der Waals surface area contributed by atoms with Crippen molar-refractivity contribution in [2.45, 2.75) is 13.1 Å². The number of benzene rings is 1. The summed E-state index contributed by atoms with van der Waals surface area (Å²) in [6.07, 6.45) is -0.930. The summed E-state index contributed by atoms with van der Waals surface area (Å²) in [5.74, 6) is -0.240. The van der Waals surface area contributed by atoms with Gasteiger partial charge in [-0.3, -0.25) is 4.79 Å². The van der Waals surface area contributed by atoms with Crippen molar-refractivity contribution in [2.75, 3.05) is 0 Å². The van der Waals surface area contributed by atoms with Crippen molar-refractivity contribution < 1.29 is 4.79 Å². The first-order valence-corrected chi connectivity index (χ1v) is 4.63. The summed E-state index contributed by atoms with van der Waals surface area (Å²) in [5.41, 5.74) is 12.1. The van der Waals surface area contributed by atoms with Gasteiger partial charge in [0.2, 0.25) is 0 Å². The summed E-state index contributed by atoms with van der Waals surface area (Å²) in [6, 6.07) is 5.27. The Hall–Kier alpha value is -0.710. The maximum atomic E-state index is 11.3. The normalized spacial score (nSPS) is 10.5. The number of hydrogen-bond donors (Lipinski definition) is 2. The van der Waals surface area contributed by atoms with E-state index in [1.807, 2.05) is 13.0 Å². The zero-order chi connectivity index (χ0) is 10.0. The van der Waals surface area contributed by atoms with E-state index in [4.69, 9.17) is 11.5 Å². The Balaban J connectivity index is 3.04. The van der Waals surface area contributed by atoms with Gasteiger partial charge < -0.3 is 11.5 Å². The lowest BCUT2D eigenvalue weighted by Gasteiger charge is -2.05. The molecule has 0 saturated carbocycles. The molecule has 4 heteroatoms. The van der Waals surface area contributed by atoms with Gasteiger partial charge in [0.1, 0.15) is 6.17 Å². The van der Waals surface area contributed by atoms with E-state index < -0.39 is 6.17 Å². The van der Waals surface area contributed by atoms with Gasteiger partial charge in [0, 0.05) is 10.0 Å². The molecule has 0 fully saturated rings. The number of ketones is 1. The fourth-order valence-corrected chi connectivity index (χ4v) is 1.24. The zero-order valence-electron chi connectivity index (χ0n) is 7.25. The van der Waals surface area contributed by atoms with Crippen molar-refractivity contribution in [3.05, 3.63) is 33.8 Å². The Labute approximate surface area is 85.2 Å². The molecule has 0 saturated heterocycles. The summed E-state index contributed by atoms with van der Waals surface area (Å²) in [7, 11) is 0. The van der Waals surface area contributed by atoms with E-state index in [1.54, 1.807) is 12.1 Å². The second-order valence-electron chi connectivity index (χ2n) is 2.85. The number of nitrogens with two attached hydrogens (primary N) is 2. The number of Topliss-reactive ketones (excluding diaryl/α,β-unsaturated/α-hetero) is 1. The molecular formula is C9H11BrN2O. The fourth-order valence-electron chi connectivity index (χ4n) is 0.990. The lowest BCUT2D eigenvalue weighted by Crippen LogP contribution is -2.39. The topological polar surface area (TPSA) is 69.1 Å². The third kappa shape index (κ3) is 2.37. The SMILES string of the molecule is Cc1cc(C(=O)C(N)N)ccc1Br. The Morgan fingerprint density at radius 3 is 2.54 bits per heavy atom. The van der Waals surface area contributed by atoms with Gasteiger partial charge in [0.15, 0.2) is 5.78 Å². The molecule has 1 aromatic carbocycles. The maximum absolute atomic E-state index is 11.3. The van der Waals surface area contributed by atoms with E-state index >= 15 is 0 Å². The monoisotopic (exact) mass is 242 g/mol. The van der Waals surface area contributed by atoms with Crippen molar-refractivity contribution >= 4 is 21.7 Å². The maximum Gasteiger partial charge on any atom is 0.193 e. The largest absolute Gasteiger partial charge is 0.310 e. The van der Waals surface area contributed by atoms with Gasteiger partial charge in [0.05, 0.1) is 0 Å². The first-order valence-electron chi connectivity index (χ1n) is 3.84. The highest BCUT2D eigenvalue weighted by Crippen LogP contribution is 2.17. The third-order valence-electron chi connectivity index (χ3n) is 1.75. The van der Waals surface area contributed by atoms with Crippen LogP contribution in [0.4, 0.5) is 0 Å². The minimum absolute atomic E-state index is 0.240. The molecule has 0 unspecified atom stereocenters. The molecule has 0 aliphatic rings. The van der Waals surface area contributed by atoms with Crippen LogP contribution in [-0.4, -0.2) is 11.9 Å². The minimum Gasteiger partial charge on any atom is -0.310 e. The van der Waals surface area contributed by atoms with Crippen LogP contribution in [0, 0.1) is 6.92 Å². The van der Waals surface area contributed by atoms with E-state index in [0.717, 1.165) is 10.0 Å². The van der Waals surface area contributed by atoms with Crippen LogP contribution in [0.15, 0.2) is 22.7 Å². The first-order chi connectivity index (χ1) is 6.02. The van der Waals surface area contributed by atoms with Gasteiger partial charge in [0.25, 0.3) is 0 Å². The predicted octanol–water partition coefficient (Wildman–Crippen LogP) is 1.18. The van der Waals surface area contributed by atoms with Gasteiger partial charge in [-0.05, 0) is 24.6 Å².